The number of anilines is 1. The van der Waals surface area contributed by atoms with Crippen LogP contribution in [0.1, 0.15) is 47.2 Å². The smallest absolute Gasteiger partial charge is 0.276 e. The van der Waals surface area contributed by atoms with Crippen molar-refractivity contribution in [1.82, 2.24) is 34.0 Å². The van der Waals surface area contributed by atoms with Crippen LogP contribution in [0.5, 0.6) is 11.5 Å². The second-order valence-corrected chi connectivity index (χ2v) is 15.9. The van der Waals surface area contributed by atoms with Gasteiger partial charge in [0.2, 0.25) is 11.8 Å². The molecule has 2 aromatic carbocycles. The Kier molecular flexibility index (Phi) is 8.49. The number of aromatic nitrogens is 3. The second kappa shape index (κ2) is 13.3. The standard InChI is InChI=1S/C40H46N8O6/c1-43-21-33(48-24-41-15-32(48)39(43)52)27-12-34(53-2)30(35(13-27)54-3)20-45-17-25(18-45)16-44-10-8-40(9-11-44)22-46(23-40)28-5-4-26-19-47(38(51)29(26)14-28)31-6-7-36(49)42-37(31)50/h4-5,12-15,21,24-25,31H,6-11,16-20,22-23H2,1-3H3,(H,42,49,50). The van der Waals surface area contributed by atoms with E-state index in [2.05, 4.69) is 31.1 Å². The number of nitrogens with zero attached hydrogens (tertiary/aromatic N) is 7. The Hall–Kier alpha value is -5.21. The van der Waals surface area contributed by atoms with Crippen molar-refractivity contribution < 1.29 is 23.9 Å². The van der Waals surface area contributed by atoms with Crippen LogP contribution in [0.3, 0.4) is 0 Å². The van der Waals surface area contributed by atoms with Gasteiger partial charge >= 0.3 is 0 Å². The molecule has 54 heavy (non-hydrogen) atoms. The summed E-state index contributed by atoms with van der Waals surface area (Å²) in [6.07, 6.45) is 8.04. The number of hydrogen-bond acceptors (Lipinski definition) is 10. The number of nitrogens with one attached hydrogen (secondary N) is 1. The number of piperidine rings is 2. The van der Waals surface area contributed by atoms with Crippen LogP contribution in [0.4, 0.5) is 5.69 Å². The number of ether oxygens (including phenoxy) is 2. The summed E-state index contributed by atoms with van der Waals surface area (Å²) in [7, 11) is 5.11. The summed E-state index contributed by atoms with van der Waals surface area (Å²) in [5.41, 5.74) is 6.14. The van der Waals surface area contributed by atoms with Crippen molar-refractivity contribution in [1.29, 1.82) is 0 Å². The van der Waals surface area contributed by atoms with E-state index in [1.807, 2.05) is 30.5 Å². The number of carbonyl (C=O) groups is 3. The summed E-state index contributed by atoms with van der Waals surface area (Å²) in [5.74, 6) is 1.37. The maximum Gasteiger partial charge on any atom is 0.276 e. The number of amides is 3. The number of hydrogen-bond donors (Lipinski definition) is 1. The molecule has 1 spiro atoms. The number of rotatable bonds is 9. The number of aryl methyl sites for hydroxylation is 1. The number of likely N-dealkylation sites (tertiary alicyclic amines) is 2. The van der Waals surface area contributed by atoms with Gasteiger partial charge in [-0.3, -0.25) is 33.8 Å². The SMILES string of the molecule is COc1cc(-c2cn(C)c(=O)c3cncn23)cc(OC)c1CN1CC(CN2CCC3(CC2)CN(c2ccc4c(c2)C(=O)N(C2CCC(=O)NC2=O)C4)C3)C1. The molecule has 1 atom stereocenters. The molecular weight excluding hydrogens is 688 g/mol. The summed E-state index contributed by atoms with van der Waals surface area (Å²) in [6, 6.07) is 9.57. The van der Waals surface area contributed by atoms with Gasteiger partial charge in [0, 0.05) is 87.7 Å². The number of benzene rings is 2. The molecule has 282 valence electrons. The normalized spacial score (nSPS) is 21.7. The van der Waals surface area contributed by atoms with E-state index in [1.165, 1.54) is 12.8 Å². The molecule has 1 N–H and O–H groups in total. The van der Waals surface area contributed by atoms with Crippen molar-refractivity contribution in [2.24, 2.45) is 18.4 Å². The van der Waals surface area contributed by atoms with E-state index in [1.54, 1.807) is 47.7 Å². The van der Waals surface area contributed by atoms with Crippen LogP contribution in [0, 0.1) is 11.3 Å². The Morgan fingerprint density at radius 2 is 1.70 bits per heavy atom. The zero-order valence-corrected chi connectivity index (χ0v) is 31.0. The summed E-state index contributed by atoms with van der Waals surface area (Å²) in [5, 5.41) is 2.38. The molecule has 2 aromatic heterocycles. The van der Waals surface area contributed by atoms with Gasteiger partial charge in [-0.1, -0.05) is 6.07 Å². The molecule has 4 saturated heterocycles. The summed E-state index contributed by atoms with van der Waals surface area (Å²) >= 11 is 0. The first kappa shape index (κ1) is 34.6. The fraction of sp³-hybridized carbons (Fsp3) is 0.475. The van der Waals surface area contributed by atoms with Gasteiger partial charge in [0.05, 0.1) is 38.0 Å². The van der Waals surface area contributed by atoms with Crippen molar-refractivity contribution in [3.63, 3.8) is 0 Å². The van der Waals surface area contributed by atoms with Gasteiger partial charge in [0.15, 0.2) is 0 Å². The molecule has 4 fully saturated rings. The third kappa shape index (κ3) is 5.91. The van der Waals surface area contributed by atoms with E-state index in [9.17, 15) is 19.2 Å². The van der Waals surface area contributed by atoms with Crippen LogP contribution < -0.4 is 25.2 Å². The van der Waals surface area contributed by atoms with E-state index < -0.39 is 6.04 Å². The molecule has 0 aliphatic carbocycles. The highest BCUT2D eigenvalue weighted by Gasteiger charge is 2.46. The second-order valence-electron chi connectivity index (χ2n) is 15.9. The Bertz CT molecular complexity index is 2200. The highest BCUT2D eigenvalue weighted by Crippen LogP contribution is 2.44. The van der Waals surface area contributed by atoms with Gasteiger partial charge < -0.3 is 28.7 Å². The summed E-state index contributed by atoms with van der Waals surface area (Å²) in [6.45, 7) is 8.51. The predicted molar refractivity (Wildman–Crippen MR) is 201 cm³/mol. The first-order valence-electron chi connectivity index (χ1n) is 18.9. The van der Waals surface area contributed by atoms with Gasteiger partial charge in [-0.25, -0.2) is 4.98 Å². The van der Waals surface area contributed by atoms with Crippen molar-refractivity contribution in [2.75, 3.05) is 64.9 Å². The number of methoxy groups -OCH3 is 2. The molecule has 14 heteroatoms. The average molecular weight is 735 g/mol. The molecule has 5 aliphatic rings. The highest BCUT2D eigenvalue weighted by molar-refractivity contribution is 6.05. The lowest BCUT2D eigenvalue weighted by Gasteiger charge is -2.55. The van der Waals surface area contributed by atoms with Gasteiger partial charge in [-0.05, 0) is 68.1 Å². The Balaban J connectivity index is 0.768. The maximum absolute atomic E-state index is 13.3. The molecule has 0 saturated carbocycles. The lowest BCUT2D eigenvalue weighted by Crippen LogP contribution is -2.61. The van der Waals surface area contributed by atoms with Crippen LogP contribution in [0.25, 0.3) is 16.8 Å². The van der Waals surface area contributed by atoms with Gasteiger partial charge in [-0.2, -0.15) is 0 Å². The topological polar surface area (TPSA) is 134 Å². The van der Waals surface area contributed by atoms with E-state index in [4.69, 9.17) is 9.47 Å². The number of imide groups is 1. The number of imidazole rings is 1. The molecule has 9 rings (SSSR count). The third-order valence-corrected chi connectivity index (χ3v) is 12.4. The zero-order chi connectivity index (χ0) is 37.3. The minimum atomic E-state index is -0.591. The van der Waals surface area contributed by atoms with Gasteiger partial charge in [0.25, 0.3) is 11.5 Å². The molecule has 3 amide bonds. The molecule has 4 aromatic rings. The quantitative estimate of drug-likeness (QED) is 0.256. The van der Waals surface area contributed by atoms with Crippen LogP contribution in [-0.4, -0.2) is 112 Å². The van der Waals surface area contributed by atoms with Crippen LogP contribution in [-0.2, 0) is 29.7 Å². The van der Waals surface area contributed by atoms with Gasteiger partial charge in [-0.15, -0.1) is 0 Å². The molecule has 14 nitrogen and oxygen atoms in total. The molecule has 1 unspecified atom stereocenters. The first-order valence-corrected chi connectivity index (χ1v) is 18.9. The number of carbonyl (C=O) groups excluding carboxylic acids is 3. The largest absolute Gasteiger partial charge is 0.496 e. The monoisotopic (exact) mass is 734 g/mol. The molecular formula is C40H46N8O6. The van der Waals surface area contributed by atoms with Crippen molar-refractivity contribution >= 4 is 28.9 Å². The maximum atomic E-state index is 13.3. The molecule has 0 radical (unpaired) electrons. The zero-order valence-electron chi connectivity index (χ0n) is 31.0. The Morgan fingerprint density at radius 1 is 0.963 bits per heavy atom. The lowest BCUT2D eigenvalue weighted by atomic mass is 9.71. The molecule has 0 bridgehead atoms. The van der Waals surface area contributed by atoms with Crippen LogP contribution in [0.2, 0.25) is 0 Å². The summed E-state index contributed by atoms with van der Waals surface area (Å²) < 4.78 is 15.2. The molecule has 7 heterocycles. The number of fused-ring (bicyclic) bond motifs is 2. The fourth-order valence-electron chi connectivity index (χ4n) is 9.35. The third-order valence-electron chi connectivity index (χ3n) is 12.4. The van der Waals surface area contributed by atoms with Crippen molar-refractivity contribution in [2.45, 2.75) is 44.8 Å². The summed E-state index contributed by atoms with van der Waals surface area (Å²) in [4.78, 5) is 63.3. The van der Waals surface area contributed by atoms with Gasteiger partial charge in [0.1, 0.15) is 23.1 Å². The molecule has 5 aliphatic heterocycles. The highest BCUT2D eigenvalue weighted by atomic mass is 16.5. The van der Waals surface area contributed by atoms with Crippen LogP contribution in [0.15, 0.2) is 53.8 Å². The van der Waals surface area contributed by atoms with E-state index in [0.717, 1.165) is 91.9 Å². The van der Waals surface area contributed by atoms with E-state index in [-0.39, 0.29) is 29.7 Å². The van der Waals surface area contributed by atoms with Crippen LogP contribution >= 0.6 is 0 Å². The van der Waals surface area contributed by atoms with Crippen molar-refractivity contribution in [3.8, 4) is 22.8 Å². The van der Waals surface area contributed by atoms with E-state index in [0.29, 0.717) is 35.4 Å². The Morgan fingerprint density at radius 3 is 2.41 bits per heavy atom. The first-order chi connectivity index (χ1) is 26.1. The van der Waals surface area contributed by atoms with Crippen molar-refractivity contribution in [3.05, 3.63) is 76.1 Å². The minimum Gasteiger partial charge on any atom is -0.496 e. The predicted octanol–water partition coefficient (Wildman–Crippen LogP) is 2.51. The fourth-order valence-corrected chi connectivity index (χ4v) is 9.35. The van der Waals surface area contributed by atoms with E-state index >= 15 is 0 Å². The minimum absolute atomic E-state index is 0.104. The Labute approximate surface area is 313 Å². The average Bonchev–Trinajstić information content (AvgIpc) is 3.76. The lowest BCUT2D eigenvalue weighted by molar-refractivity contribution is -0.136.